The van der Waals surface area contributed by atoms with E-state index in [0.717, 1.165) is 0 Å². The average molecular weight is 280 g/mol. The number of nitrogen functional groups attached to an aromatic ring is 2. The molecule has 1 aliphatic carbocycles. The Balaban J connectivity index is 2.37. The minimum atomic E-state index is -0.418. The lowest BCUT2D eigenvalue weighted by Crippen LogP contribution is -2.24. The van der Waals surface area contributed by atoms with Gasteiger partial charge in [0.15, 0.2) is 17.3 Å². The molecular formula is C16H12N2O3. The van der Waals surface area contributed by atoms with Gasteiger partial charge in [0, 0.05) is 22.4 Å². The van der Waals surface area contributed by atoms with Gasteiger partial charge < -0.3 is 11.5 Å². The number of rotatable bonds is 1. The molecular weight excluding hydrogens is 268 g/mol. The van der Waals surface area contributed by atoms with Gasteiger partial charge in [-0.15, -0.1) is 0 Å². The second-order valence-electron chi connectivity index (χ2n) is 4.93. The number of hydrogen-bond acceptors (Lipinski definition) is 5. The lowest BCUT2D eigenvalue weighted by atomic mass is 9.81. The van der Waals surface area contributed by atoms with E-state index < -0.39 is 5.78 Å². The van der Waals surface area contributed by atoms with Gasteiger partial charge in [-0.25, -0.2) is 0 Å². The maximum atomic E-state index is 12.6. The topological polar surface area (TPSA) is 103 Å². The molecule has 0 heterocycles. The van der Waals surface area contributed by atoms with Crippen molar-refractivity contribution in [3.8, 4) is 0 Å². The number of Topliss-reactive ketones (excluding diaryl/α,β-unsaturated/α-hetero) is 1. The minimum absolute atomic E-state index is 0.0345. The normalized spacial score (nSPS) is 12.8. The number of anilines is 2. The summed E-state index contributed by atoms with van der Waals surface area (Å²) in [6, 6.07) is 7.68. The Hall–Kier alpha value is -2.95. The van der Waals surface area contributed by atoms with E-state index in [-0.39, 0.29) is 50.8 Å². The lowest BCUT2D eigenvalue weighted by Gasteiger charge is -2.21. The third-order valence-corrected chi connectivity index (χ3v) is 3.66. The van der Waals surface area contributed by atoms with Crippen molar-refractivity contribution in [1.82, 2.24) is 0 Å². The maximum absolute atomic E-state index is 12.6. The molecule has 5 nitrogen and oxygen atoms in total. The van der Waals surface area contributed by atoms with Crippen molar-refractivity contribution in [2.45, 2.75) is 6.92 Å². The molecule has 2 aromatic carbocycles. The number of ketones is 3. The van der Waals surface area contributed by atoms with E-state index in [1.807, 2.05) is 0 Å². The van der Waals surface area contributed by atoms with Crippen LogP contribution in [0.25, 0.3) is 0 Å². The standard InChI is InChI=1S/C16H12N2O3/c1-7(19)8-5-6-10-13(14(8)18)16(21)12-9(15(10)20)3-2-4-11(12)17/h2-6H,17-18H2,1H3. The van der Waals surface area contributed by atoms with Gasteiger partial charge in [0.05, 0.1) is 16.8 Å². The molecule has 5 heteroatoms. The van der Waals surface area contributed by atoms with E-state index in [0.29, 0.717) is 0 Å². The van der Waals surface area contributed by atoms with Gasteiger partial charge in [-0.2, -0.15) is 0 Å². The van der Waals surface area contributed by atoms with E-state index in [9.17, 15) is 14.4 Å². The lowest BCUT2D eigenvalue weighted by molar-refractivity contribution is 0.0979. The molecule has 0 saturated carbocycles. The second kappa shape index (κ2) is 4.28. The Kier molecular flexibility index (Phi) is 2.66. The van der Waals surface area contributed by atoms with Crippen LogP contribution >= 0.6 is 0 Å². The summed E-state index contributed by atoms with van der Waals surface area (Å²) < 4.78 is 0. The van der Waals surface area contributed by atoms with E-state index in [4.69, 9.17) is 11.5 Å². The molecule has 0 bridgehead atoms. The molecule has 1 aliphatic rings. The summed E-state index contributed by atoms with van der Waals surface area (Å²) in [6.07, 6.45) is 0. The van der Waals surface area contributed by atoms with Gasteiger partial charge in [-0.1, -0.05) is 12.1 Å². The molecule has 104 valence electrons. The summed E-state index contributed by atoms with van der Waals surface area (Å²) >= 11 is 0. The van der Waals surface area contributed by atoms with Crippen LogP contribution in [0, 0.1) is 0 Å². The minimum Gasteiger partial charge on any atom is -0.398 e. The Labute approximate surface area is 120 Å². The number of benzene rings is 2. The molecule has 3 rings (SSSR count). The molecule has 0 saturated heterocycles. The van der Waals surface area contributed by atoms with E-state index >= 15 is 0 Å². The van der Waals surface area contributed by atoms with E-state index in [1.54, 1.807) is 18.2 Å². The molecule has 0 radical (unpaired) electrons. The number of fused-ring (bicyclic) bond motifs is 2. The molecule has 0 aliphatic heterocycles. The predicted octanol–water partition coefficient (Wildman–Crippen LogP) is 1.83. The SMILES string of the molecule is CC(=O)c1ccc2c(c1N)C(=O)c1c(N)cccc1C2=O. The Bertz CT molecular complexity index is 838. The highest BCUT2D eigenvalue weighted by atomic mass is 16.1. The van der Waals surface area contributed by atoms with Crippen molar-refractivity contribution in [3.63, 3.8) is 0 Å². The molecule has 0 fully saturated rings. The summed E-state index contributed by atoms with van der Waals surface area (Å²) in [5.74, 6) is -0.991. The summed E-state index contributed by atoms with van der Waals surface area (Å²) in [6.45, 7) is 1.36. The molecule has 0 spiro atoms. The number of carbonyl (C=O) groups is 3. The number of hydrogen-bond donors (Lipinski definition) is 2. The summed E-state index contributed by atoms with van der Waals surface area (Å²) in [5.41, 5.74) is 12.9. The van der Waals surface area contributed by atoms with Gasteiger partial charge in [0.25, 0.3) is 0 Å². The fourth-order valence-corrected chi connectivity index (χ4v) is 2.64. The molecule has 0 atom stereocenters. The fraction of sp³-hybridized carbons (Fsp3) is 0.0625. The van der Waals surface area contributed by atoms with Gasteiger partial charge >= 0.3 is 0 Å². The quantitative estimate of drug-likeness (QED) is 0.523. The third kappa shape index (κ3) is 1.67. The van der Waals surface area contributed by atoms with Gasteiger partial charge in [0.1, 0.15) is 0 Å². The Morgan fingerprint density at radius 3 is 2.24 bits per heavy atom. The van der Waals surface area contributed by atoms with E-state index in [1.165, 1.54) is 19.1 Å². The van der Waals surface area contributed by atoms with Crippen LogP contribution in [-0.4, -0.2) is 17.3 Å². The first-order valence-corrected chi connectivity index (χ1v) is 6.34. The zero-order chi connectivity index (χ0) is 15.3. The monoisotopic (exact) mass is 280 g/mol. The van der Waals surface area contributed by atoms with Crippen LogP contribution in [0.1, 0.15) is 49.1 Å². The molecule has 0 amide bonds. The van der Waals surface area contributed by atoms with Gasteiger partial charge in [0.2, 0.25) is 0 Å². The average Bonchev–Trinajstić information content (AvgIpc) is 2.43. The van der Waals surface area contributed by atoms with Crippen LogP contribution in [-0.2, 0) is 0 Å². The predicted molar refractivity (Wildman–Crippen MR) is 78.6 cm³/mol. The van der Waals surface area contributed by atoms with Crippen molar-refractivity contribution in [2.75, 3.05) is 11.5 Å². The van der Waals surface area contributed by atoms with Crippen molar-refractivity contribution < 1.29 is 14.4 Å². The van der Waals surface area contributed by atoms with Crippen molar-refractivity contribution in [1.29, 1.82) is 0 Å². The first-order chi connectivity index (χ1) is 9.93. The van der Waals surface area contributed by atoms with Crippen molar-refractivity contribution in [3.05, 3.63) is 58.1 Å². The second-order valence-corrected chi connectivity index (χ2v) is 4.93. The number of nitrogens with two attached hydrogens (primary N) is 2. The largest absolute Gasteiger partial charge is 0.398 e. The highest BCUT2D eigenvalue weighted by Gasteiger charge is 2.33. The maximum Gasteiger partial charge on any atom is 0.198 e. The Morgan fingerprint density at radius 1 is 0.905 bits per heavy atom. The van der Waals surface area contributed by atoms with Crippen LogP contribution in [0.5, 0.6) is 0 Å². The first kappa shape index (κ1) is 13.1. The summed E-state index contributed by atoms with van der Waals surface area (Å²) in [5, 5.41) is 0. The van der Waals surface area contributed by atoms with Crippen LogP contribution in [0.4, 0.5) is 11.4 Å². The van der Waals surface area contributed by atoms with Gasteiger partial charge in [-0.05, 0) is 25.1 Å². The molecule has 21 heavy (non-hydrogen) atoms. The number of carbonyl (C=O) groups excluding carboxylic acids is 3. The molecule has 0 unspecified atom stereocenters. The zero-order valence-electron chi connectivity index (χ0n) is 11.3. The highest BCUT2D eigenvalue weighted by molar-refractivity contribution is 6.32. The fourth-order valence-electron chi connectivity index (χ4n) is 2.64. The van der Waals surface area contributed by atoms with Crippen molar-refractivity contribution in [2.24, 2.45) is 0 Å². The highest BCUT2D eigenvalue weighted by Crippen LogP contribution is 2.34. The summed E-state index contributed by atoms with van der Waals surface area (Å²) in [7, 11) is 0. The third-order valence-electron chi connectivity index (χ3n) is 3.66. The molecule has 0 aromatic heterocycles. The van der Waals surface area contributed by atoms with Crippen LogP contribution in [0.3, 0.4) is 0 Å². The summed E-state index contributed by atoms with van der Waals surface area (Å²) in [4.78, 5) is 36.7. The van der Waals surface area contributed by atoms with Crippen LogP contribution < -0.4 is 11.5 Å². The van der Waals surface area contributed by atoms with Gasteiger partial charge in [-0.3, -0.25) is 14.4 Å². The molecule has 4 N–H and O–H groups in total. The zero-order valence-corrected chi connectivity index (χ0v) is 11.3. The van der Waals surface area contributed by atoms with Crippen molar-refractivity contribution >= 4 is 28.7 Å². The first-order valence-electron chi connectivity index (χ1n) is 6.34. The van der Waals surface area contributed by atoms with Crippen LogP contribution in [0.15, 0.2) is 30.3 Å². The van der Waals surface area contributed by atoms with E-state index in [2.05, 4.69) is 0 Å². The smallest absolute Gasteiger partial charge is 0.198 e. The molecule has 2 aromatic rings. The van der Waals surface area contributed by atoms with Crippen LogP contribution in [0.2, 0.25) is 0 Å². The Morgan fingerprint density at radius 2 is 1.57 bits per heavy atom.